The van der Waals surface area contributed by atoms with E-state index in [1.54, 1.807) is 0 Å². The highest BCUT2D eigenvalue weighted by Gasteiger charge is 2.28. The van der Waals surface area contributed by atoms with E-state index >= 15 is 0 Å². The molecule has 2 aromatic carbocycles. The lowest BCUT2D eigenvalue weighted by molar-refractivity contribution is 0.346. The molecule has 0 radical (unpaired) electrons. The molecule has 1 aliphatic rings. The molecule has 3 aromatic rings. The molecule has 1 aliphatic carbocycles. The summed E-state index contributed by atoms with van der Waals surface area (Å²) >= 11 is 12.6. The molecule has 12 heteroatoms. The third kappa shape index (κ3) is 4.52. The number of nitrogens with zero attached hydrogens (tertiary/aromatic N) is 2. The van der Waals surface area contributed by atoms with Crippen LogP contribution in [0.1, 0.15) is 19.3 Å². The second-order valence-corrected chi connectivity index (χ2v) is 10.2. The van der Waals surface area contributed by atoms with Gasteiger partial charge in [-0.3, -0.25) is 9.78 Å². The van der Waals surface area contributed by atoms with E-state index in [4.69, 9.17) is 27.9 Å². The molecule has 0 aliphatic heterocycles. The van der Waals surface area contributed by atoms with E-state index in [0.717, 1.165) is 30.1 Å². The van der Waals surface area contributed by atoms with Gasteiger partial charge in [-0.05, 0) is 43.0 Å². The number of aromatic hydroxyl groups is 1. The number of benzene rings is 2. The first kappa shape index (κ1) is 22.4. The van der Waals surface area contributed by atoms with E-state index in [2.05, 4.69) is 10.1 Å². The molecule has 168 valence electrons. The standard InChI is InChI=1S/C20H17Cl2N3O6S/c21-14-6-12(25-20(28)24-18(27)9-23-25)7-15(22)19(14)31-13-4-5-16(26)17(8-13)32(29,30)10-11-2-1-3-11/h4-9,11,26H,1-3,10H2,(H,24,27,28). The van der Waals surface area contributed by atoms with Gasteiger partial charge < -0.3 is 9.84 Å². The summed E-state index contributed by atoms with van der Waals surface area (Å²) in [5.74, 6) is -0.201. The highest BCUT2D eigenvalue weighted by Crippen LogP contribution is 2.40. The van der Waals surface area contributed by atoms with Gasteiger partial charge in [-0.1, -0.05) is 29.6 Å². The number of aromatic amines is 1. The molecule has 9 nitrogen and oxygen atoms in total. The van der Waals surface area contributed by atoms with Crippen molar-refractivity contribution in [2.45, 2.75) is 24.2 Å². The van der Waals surface area contributed by atoms with Gasteiger partial charge in [0.2, 0.25) is 0 Å². The van der Waals surface area contributed by atoms with E-state index in [1.165, 1.54) is 30.3 Å². The molecule has 2 N–H and O–H groups in total. The van der Waals surface area contributed by atoms with Gasteiger partial charge in [0, 0.05) is 6.07 Å². The van der Waals surface area contributed by atoms with Crippen LogP contribution in [0, 0.1) is 5.92 Å². The van der Waals surface area contributed by atoms with Crippen LogP contribution in [0.4, 0.5) is 0 Å². The Kier molecular flexibility index (Phi) is 6.02. The summed E-state index contributed by atoms with van der Waals surface area (Å²) in [5.41, 5.74) is -1.25. The summed E-state index contributed by atoms with van der Waals surface area (Å²) in [6.07, 6.45) is 3.63. The maximum absolute atomic E-state index is 12.7. The molecule has 0 spiro atoms. The molecule has 0 unspecified atom stereocenters. The molecule has 1 fully saturated rings. The van der Waals surface area contributed by atoms with E-state index in [9.17, 15) is 23.1 Å². The van der Waals surface area contributed by atoms with Gasteiger partial charge in [-0.25, -0.2) is 13.2 Å². The minimum atomic E-state index is -3.71. The summed E-state index contributed by atoms with van der Waals surface area (Å²) in [6, 6.07) is 6.53. The van der Waals surface area contributed by atoms with Crippen molar-refractivity contribution in [2.75, 3.05) is 5.75 Å². The normalized spacial score (nSPS) is 14.2. The Morgan fingerprint density at radius 2 is 1.84 bits per heavy atom. The van der Waals surface area contributed by atoms with E-state index in [0.29, 0.717) is 0 Å². The van der Waals surface area contributed by atoms with Crippen molar-refractivity contribution in [3.63, 3.8) is 0 Å². The van der Waals surface area contributed by atoms with Crippen LogP contribution in [0.5, 0.6) is 17.2 Å². The smallest absolute Gasteiger partial charge is 0.349 e. The Labute approximate surface area is 192 Å². The van der Waals surface area contributed by atoms with Gasteiger partial charge in [0.15, 0.2) is 15.6 Å². The minimum absolute atomic E-state index is 0.0133. The van der Waals surface area contributed by atoms with Gasteiger partial charge in [-0.15, -0.1) is 0 Å². The number of aromatic nitrogens is 3. The molecule has 32 heavy (non-hydrogen) atoms. The maximum Gasteiger partial charge on any atom is 0.349 e. The van der Waals surface area contributed by atoms with Crippen LogP contribution in [-0.2, 0) is 9.84 Å². The second kappa shape index (κ2) is 8.61. The monoisotopic (exact) mass is 497 g/mol. The second-order valence-electron chi connectivity index (χ2n) is 7.40. The molecular weight excluding hydrogens is 481 g/mol. The molecule has 0 atom stereocenters. The molecule has 1 heterocycles. The van der Waals surface area contributed by atoms with Crippen molar-refractivity contribution in [2.24, 2.45) is 5.92 Å². The third-order valence-electron chi connectivity index (χ3n) is 5.11. The van der Waals surface area contributed by atoms with Crippen LogP contribution in [0.2, 0.25) is 10.0 Å². The summed E-state index contributed by atoms with van der Waals surface area (Å²) < 4.78 is 32.0. The molecular formula is C20H17Cl2N3O6S. The summed E-state index contributed by atoms with van der Waals surface area (Å²) in [5, 5.41) is 13.9. The van der Waals surface area contributed by atoms with Gasteiger partial charge >= 0.3 is 5.69 Å². The van der Waals surface area contributed by atoms with Gasteiger partial charge in [0.25, 0.3) is 5.56 Å². The van der Waals surface area contributed by atoms with Crippen LogP contribution in [0.3, 0.4) is 0 Å². The number of rotatable bonds is 6. The maximum atomic E-state index is 12.7. The number of halogens is 2. The van der Waals surface area contributed by atoms with Crippen molar-refractivity contribution in [3.8, 4) is 22.9 Å². The van der Waals surface area contributed by atoms with Crippen LogP contribution in [0.15, 0.2) is 51.0 Å². The Hall–Kier alpha value is -2.82. The lowest BCUT2D eigenvalue weighted by atomic mass is 9.87. The highest BCUT2D eigenvalue weighted by molar-refractivity contribution is 7.91. The van der Waals surface area contributed by atoms with Crippen molar-refractivity contribution < 1.29 is 18.3 Å². The van der Waals surface area contributed by atoms with Crippen molar-refractivity contribution in [1.82, 2.24) is 14.8 Å². The van der Waals surface area contributed by atoms with Gasteiger partial charge in [-0.2, -0.15) is 9.78 Å². The molecule has 0 saturated heterocycles. The zero-order valence-electron chi connectivity index (χ0n) is 16.4. The largest absolute Gasteiger partial charge is 0.507 e. The number of ether oxygens (including phenoxy) is 1. The average Bonchev–Trinajstić information content (AvgIpc) is 2.68. The quantitative estimate of drug-likeness (QED) is 0.533. The van der Waals surface area contributed by atoms with Gasteiger partial charge in [0.1, 0.15) is 22.6 Å². The average molecular weight is 498 g/mol. The fourth-order valence-electron chi connectivity index (χ4n) is 3.29. The van der Waals surface area contributed by atoms with Crippen LogP contribution in [-0.4, -0.2) is 34.0 Å². The SMILES string of the molecule is O=c1cnn(-c2cc(Cl)c(Oc3ccc(O)c(S(=O)(=O)CC4CCC4)c3)c(Cl)c2)c(=O)[nH]1. The molecule has 0 amide bonds. The fraction of sp³-hybridized carbons (Fsp3) is 0.250. The number of phenolic OH excluding ortho intramolecular Hbond substituents is 1. The molecule has 4 rings (SSSR count). The van der Waals surface area contributed by atoms with Gasteiger partial charge in [0.05, 0.1) is 21.5 Å². The molecule has 1 aromatic heterocycles. The van der Waals surface area contributed by atoms with Crippen LogP contribution < -0.4 is 16.0 Å². The Balaban J connectivity index is 1.66. The summed E-state index contributed by atoms with van der Waals surface area (Å²) in [6.45, 7) is 0. The summed E-state index contributed by atoms with van der Waals surface area (Å²) in [7, 11) is -3.71. The first-order chi connectivity index (χ1) is 15.1. The number of hydrogen-bond donors (Lipinski definition) is 2. The lowest BCUT2D eigenvalue weighted by Gasteiger charge is -2.25. The molecule has 0 bridgehead atoms. The van der Waals surface area contributed by atoms with Crippen LogP contribution >= 0.6 is 23.2 Å². The van der Waals surface area contributed by atoms with E-state index in [1.807, 2.05) is 0 Å². The number of phenols is 1. The topological polar surface area (TPSA) is 131 Å². The first-order valence-electron chi connectivity index (χ1n) is 9.56. The Morgan fingerprint density at radius 3 is 2.44 bits per heavy atom. The Bertz CT molecular complexity index is 1390. The fourth-order valence-corrected chi connectivity index (χ4v) is 5.66. The number of H-pyrrole nitrogens is 1. The zero-order valence-corrected chi connectivity index (χ0v) is 18.7. The highest BCUT2D eigenvalue weighted by atomic mass is 35.5. The predicted octanol–water partition coefficient (Wildman–Crippen LogP) is 3.30. The van der Waals surface area contributed by atoms with Crippen molar-refractivity contribution in [3.05, 3.63) is 67.4 Å². The van der Waals surface area contributed by atoms with Crippen molar-refractivity contribution >= 4 is 33.0 Å². The minimum Gasteiger partial charge on any atom is -0.507 e. The number of hydrogen-bond acceptors (Lipinski definition) is 7. The first-order valence-corrected chi connectivity index (χ1v) is 12.0. The third-order valence-corrected chi connectivity index (χ3v) is 7.58. The Morgan fingerprint density at radius 1 is 1.16 bits per heavy atom. The van der Waals surface area contributed by atoms with Crippen molar-refractivity contribution in [1.29, 1.82) is 0 Å². The van der Waals surface area contributed by atoms with E-state index in [-0.39, 0.29) is 49.5 Å². The molecule has 1 saturated carbocycles. The predicted molar refractivity (Wildman–Crippen MR) is 118 cm³/mol. The van der Waals surface area contributed by atoms with Crippen LogP contribution in [0.25, 0.3) is 5.69 Å². The number of sulfone groups is 1. The number of nitrogens with one attached hydrogen (secondary N) is 1. The van der Waals surface area contributed by atoms with E-state index < -0.39 is 21.1 Å². The summed E-state index contributed by atoms with van der Waals surface area (Å²) in [4.78, 5) is 25.0. The lowest BCUT2D eigenvalue weighted by Crippen LogP contribution is -2.30. The zero-order chi connectivity index (χ0) is 23.0.